The molecule has 27 heavy (non-hydrogen) atoms. The molecule has 1 N–H and O–H groups in total. The molecule has 0 bridgehead atoms. The lowest BCUT2D eigenvalue weighted by Crippen LogP contribution is -1.94. The number of hydrogen-bond donors (Lipinski definition) is 1. The lowest BCUT2D eigenvalue weighted by molar-refractivity contribution is -0.384. The molecule has 3 aromatic rings. The van der Waals surface area contributed by atoms with E-state index in [9.17, 15) is 14.9 Å². The molecule has 1 heterocycles. The molecule has 0 unspecified atom stereocenters. The zero-order chi connectivity index (χ0) is 19.6. The monoisotopic (exact) mass is 404 g/mol. The van der Waals surface area contributed by atoms with Crippen molar-refractivity contribution in [1.82, 2.24) is 0 Å². The number of halogens is 2. The van der Waals surface area contributed by atoms with Crippen molar-refractivity contribution >= 4 is 46.8 Å². The summed E-state index contributed by atoms with van der Waals surface area (Å²) in [6.07, 6.45) is 1.44. The van der Waals surface area contributed by atoms with Crippen LogP contribution in [-0.2, 0) is 0 Å². The highest BCUT2D eigenvalue weighted by molar-refractivity contribution is 6.37. The predicted molar refractivity (Wildman–Crippen MR) is 101 cm³/mol. The molecule has 0 saturated heterocycles. The average molecular weight is 405 g/mol. The van der Waals surface area contributed by atoms with Crippen LogP contribution in [0.4, 0.5) is 11.4 Å². The minimum absolute atomic E-state index is 0.0631. The van der Waals surface area contributed by atoms with E-state index >= 15 is 0 Å². The van der Waals surface area contributed by atoms with Gasteiger partial charge in [-0.1, -0.05) is 23.2 Å². The third-order valence-electron chi connectivity index (χ3n) is 3.58. The van der Waals surface area contributed by atoms with Crippen LogP contribution in [0.25, 0.3) is 11.3 Å². The van der Waals surface area contributed by atoms with E-state index in [2.05, 4.69) is 4.99 Å². The first-order valence-electron chi connectivity index (χ1n) is 7.46. The molecule has 0 saturated carbocycles. The highest BCUT2D eigenvalue weighted by Gasteiger charge is 2.18. The molecule has 0 aliphatic heterocycles. The average Bonchev–Trinajstić information content (AvgIpc) is 3.08. The van der Waals surface area contributed by atoms with Gasteiger partial charge in [0.2, 0.25) is 0 Å². The lowest BCUT2D eigenvalue weighted by atomic mass is 10.1. The number of aliphatic imine (C=N–C) groups is 1. The maximum Gasteiger partial charge on any atom is 0.335 e. The van der Waals surface area contributed by atoms with Crippen LogP contribution in [-0.4, -0.2) is 22.2 Å². The molecule has 0 amide bonds. The topological polar surface area (TPSA) is 106 Å². The molecule has 1 aromatic heterocycles. The summed E-state index contributed by atoms with van der Waals surface area (Å²) in [4.78, 5) is 25.5. The molecule has 136 valence electrons. The van der Waals surface area contributed by atoms with Crippen molar-refractivity contribution in [1.29, 1.82) is 0 Å². The van der Waals surface area contributed by atoms with E-state index in [0.717, 1.165) is 0 Å². The molecule has 7 nitrogen and oxygen atoms in total. The van der Waals surface area contributed by atoms with Gasteiger partial charge in [0.1, 0.15) is 16.5 Å². The molecular formula is C18H10Cl2N2O5. The van der Waals surface area contributed by atoms with Gasteiger partial charge in [-0.25, -0.2) is 4.79 Å². The number of furan rings is 1. The van der Waals surface area contributed by atoms with Crippen molar-refractivity contribution in [2.45, 2.75) is 0 Å². The lowest BCUT2D eigenvalue weighted by Gasteiger charge is -2.02. The number of nitrogens with zero attached hydrogens (tertiary/aromatic N) is 2. The Bertz CT molecular complexity index is 1060. The van der Waals surface area contributed by atoms with E-state index in [1.807, 2.05) is 0 Å². The number of carboxylic acids is 1. The minimum atomic E-state index is -1.02. The van der Waals surface area contributed by atoms with E-state index in [1.54, 1.807) is 24.3 Å². The first-order valence-corrected chi connectivity index (χ1v) is 8.22. The molecule has 0 fully saturated rings. The van der Waals surface area contributed by atoms with Gasteiger partial charge in [0.05, 0.1) is 27.4 Å². The normalized spacial score (nSPS) is 11.0. The fourth-order valence-corrected chi connectivity index (χ4v) is 2.81. The summed E-state index contributed by atoms with van der Waals surface area (Å²) in [5.41, 5.74) is 0.755. The first kappa shape index (κ1) is 18.6. The Kier molecular flexibility index (Phi) is 5.25. The summed E-state index contributed by atoms with van der Waals surface area (Å²) in [5, 5.41) is 20.1. The third kappa shape index (κ3) is 4.16. The van der Waals surface area contributed by atoms with Crippen molar-refractivity contribution in [2.75, 3.05) is 0 Å². The SMILES string of the molecule is O=C(O)c1ccc(N=Cc2ccc(-c3cc([N+](=O)[O-])c(Cl)cc3Cl)o2)cc1. The summed E-state index contributed by atoms with van der Waals surface area (Å²) in [6, 6.07) is 11.8. The third-order valence-corrected chi connectivity index (χ3v) is 4.20. The van der Waals surface area contributed by atoms with E-state index < -0.39 is 10.9 Å². The maximum atomic E-state index is 11.0. The van der Waals surface area contributed by atoms with E-state index in [4.69, 9.17) is 32.7 Å². The smallest absolute Gasteiger partial charge is 0.335 e. The summed E-state index contributed by atoms with van der Waals surface area (Å²) in [7, 11) is 0. The zero-order valence-corrected chi connectivity index (χ0v) is 14.9. The Morgan fingerprint density at radius 1 is 1.11 bits per heavy atom. The fraction of sp³-hybridized carbons (Fsp3) is 0. The Labute approximate surface area is 162 Å². The second-order valence-electron chi connectivity index (χ2n) is 5.35. The highest BCUT2D eigenvalue weighted by Crippen LogP contribution is 2.37. The van der Waals surface area contributed by atoms with Crippen LogP contribution < -0.4 is 0 Å². The van der Waals surface area contributed by atoms with Crippen molar-refractivity contribution in [2.24, 2.45) is 4.99 Å². The number of rotatable bonds is 5. The number of aromatic carboxylic acids is 1. The molecule has 0 spiro atoms. The van der Waals surface area contributed by atoms with Gasteiger partial charge < -0.3 is 9.52 Å². The summed E-state index contributed by atoms with van der Waals surface area (Å²) in [5.74, 6) is -0.307. The number of carboxylic acid groups (broad SMARTS) is 1. The quantitative estimate of drug-likeness (QED) is 0.337. The van der Waals surface area contributed by atoms with Gasteiger partial charge >= 0.3 is 5.97 Å². The summed E-state index contributed by atoms with van der Waals surface area (Å²) < 4.78 is 5.62. The second-order valence-corrected chi connectivity index (χ2v) is 6.17. The predicted octanol–water partition coefficient (Wildman–Crippen LogP) is 5.61. The fourth-order valence-electron chi connectivity index (χ4n) is 2.26. The molecule has 3 rings (SSSR count). The molecule has 9 heteroatoms. The van der Waals surface area contributed by atoms with E-state index in [-0.39, 0.29) is 21.3 Å². The molecule has 0 atom stereocenters. The van der Waals surface area contributed by atoms with Crippen LogP contribution >= 0.6 is 23.2 Å². The van der Waals surface area contributed by atoms with E-state index in [1.165, 1.54) is 30.5 Å². The van der Waals surface area contributed by atoms with Crippen molar-refractivity contribution in [3.63, 3.8) is 0 Å². The standard InChI is InChI=1S/C18H10Cl2N2O5/c19-14-8-15(20)16(22(25)26)7-13(14)17-6-5-12(27-17)9-21-11-3-1-10(2-4-11)18(23)24/h1-9H,(H,23,24). The van der Waals surface area contributed by atoms with Gasteiger partial charge in [0.15, 0.2) is 0 Å². The van der Waals surface area contributed by atoms with Gasteiger partial charge in [-0.3, -0.25) is 15.1 Å². The number of benzene rings is 2. The maximum absolute atomic E-state index is 11.0. The van der Waals surface area contributed by atoms with Crippen molar-refractivity contribution < 1.29 is 19.2 Å². The number of nitro groups is 1. The summed E-state index contributed by atoms with van der Waals surface area (Å²) >= 11 is 11.9. The Balaban J connectivity index is 1.86. The van der Waals surface area contributed by atoms with Crippen LogP contribution in [0, 0.1) is 10.1 Å². The Hall–Kier alpha value is -3.16. The molecule has 0 radical (unpaired) electrons. The molecule has 0 aliphatic rings. The van der Waals surface area contributed by atoms with Crippen LogP contribution in [0.5, 0.6) is 0 Å². The summed E-state index contributed by atoms with van der Waals surface area (Å²) in [6.45, 7) is 0. The van der Waals surface area contributed by atoms with Crippen molar-refractivity contribution in [3.05, 3.63) is 80.0 Å². The van der Waals surface area contributed by atoms with E-state index in [0.29, 0.717) is 22.8 Å². The van der Waals surface area contributed by atoms with Gasteiger partial charge in [0.25, 0.3) is 5.69 Å². The Morgan fingerprint density at radius 3 is 2.44 bits per heavy atom. The van der Waals surface area contributed by atoms with Crippen molar-refractivity contribution in [3.8, 4) is 11.3 Å². The number of carbonyl (C=O) groups is 1. The number of hydrogen-bond acceptors (Lipinski definition) is 5. The Morgan fingerprint density at radius 2 is 1.81 bits per heavy atom. The first-order chi connectivity index (χ1) is 12.8. The zero-order valence-electron chi connectivity index (χ0n) is 13.4. The number of nitro benzene ring substituents is 1. The molecular weight excluding hydrogens is 395 g/mol. The largest absolute Gasteiger partial charge is 0.478 e. The van der Waals surface area contributed by atoms with Gasteiger partial charge in [0, 0.05) is 11.6 Å². The second kappa shape index (κ2) is 7.61. The van der Waals surface area contributed by atoms with Crippen LogP contribution in [0.2, 0.25) is 10.0 Å². The van der Waals surface area contributed by atoms with Crippen LogP contribution in [0.15, 0.2) is 57.9 Å². The van der Waals surface area contributed by atoms with Gasteiger partial charge in [-0.05, 0) is 42.5 Å². The van der Waals surface area contributed by atoms with Crippen LogP contribution in [0.3, 0.4) is 0 Å². The molecule has 0 aliphatic carbocycles. The minimum Gasteiger partial charge on any atom is -0.478 e. The van der Waals surface area contributed by atoms with Crippen LogP contribution in [0.1, 0.15) is 16.1 Å². The van der Waals surface area contributed by atoms with Gasteiger partial charge in [-0.15, -0.1) is 0 Å². The molecule has 2 aromatic carbocycles. The highest BCUT2D eigenvalue weighted by atomic mass is 35.5. The van der Waals surface area contributed by atoms with Gasteiger partial charge in [-0.2, -0.15) is 0 Å².